The molecular weight excluding hydrogens is 371 g/mol. The zero-order valence-electron chi connectivity index (χ0n) is 8.06. The van der Waals surface area contributed by atoms with Crippen LogP contribution in [0.5, 0.6) is 0 Å². The number of alkyl halides is 1. The van der Waals surface area contributed by atoms with E-state index >= 15 is 0 Å². The number of halogens is 4. The van der Waals surface area contributed by atoms with Crippen LogP contribution in [-0.2, 0) is 0 Å². The first-order valence-corrected chi connectivity index (χ1v) is 8.01. The number of hydrogen-bond acceptors (Lipinski definition) is 2. The molecule has 0 aliphatic heterocycles. The van der Waals surface area contributed by atoms with Crippen molar-refractivity contribution in [3.63, 3.8) is 0 Å². The van der Waals surface area contributed by atoms with Crippen LogP contribution < -0.4 is 0 Å². The van der Waals surface area contributed by atoms with Crippen LogP contribution in [0.4, 0.5) is 0 Å². The Morgan fingerprint density at radius 2 is 2.06 bits per heavy atom. The highest BCUT2D eigenvalue weighted by Gasteiger charge is 2.20. The number of hydrogen-bond donors (Lipinski definition) is 0. The molecule has 0 fully saturated rings. The molecule has 2 aromatic rings. The molecule has 2 heterocycles. The van der Waals surface area contributed by atoms with Gasteiger partial charge in [0.15, 0.2) is 0 Å². The molecule has 86 valence electrons. The standard InChI is InChI=1S/C10H6BrCl3S2/c1-4-3-15-9(7(4)12)8(13)6-2-5(11)10(14)16-6/h2-3,8H,1H3. The summed E-state index contributed by atoms with van der Waals surface area (Å²) in [5.41, 5.74) is 1.06. The summed E-state index contributed by atoms with van der Waals surface area (Å²) in [7, 11) is 0. The van der Waals surface area contributed by atoms with Crippen LogP contribution in [0.15, 0.2) is 15.9 Å². The summed E-state index contributed by atoms with van der Waals surface area (Å²) in [6.07, 6.45) is 0. The lowest BCUT2D eigenvalue weighted by Gasteiger charge is -2.05. The van der Waals surface area contributed by atoms with Crippen molar-refractivity contribution in [1.82, 2.24) is 0 Å². The van der Waals surface area contributed by atoms with Crippen LogP contribution in [0.25, 0.3) is 0 Å². The molecule has 0 saturated heterocycles. The van der Waals surface area contributed by atoms with Gasteiger partial charge in [0.25, 0.3) is 0 Å². The molecule has 2 rings (SSSR count). The van der Waals surface area contributed by atoms with E-state index in [1.807, 2.05) is 18.4 Å². The minimum Gasteiger partial charge on any atom is -0.145 e. The Labute approximate surface area is 125 Å². The van der Waals surface area contributed by atoms with E-state index in [1.54, 1.807) is 11.3 Å². The van der Waals surface area contributed by atoms with Gasteiger partial charge in [0.05, 0.1) is 5.02 Å². The van der Waals surface area contributed by atoms with E-state index in [2.05, 4.69) is 15.9 Å². The van der Waals surface area contributed by atoms with Crippen molar-refractivity contribution in [2.24, 2.45) is 0 Å². The number of thiophene rings is 2. The van der Waals surface area contributed by atoms with E-state index < -0.39 is 0 Å². The minimum absolute atomic E-state index is 0.222. The van der Waals surface area contributed by atoms with Crippen molar-refractivity contribution < 1.29 is 0 Å². The molecule has 0 aliphatic rings. The predicted molar refractivity (Wildman–Crippen MR) is 78.8 cm³/mol. The highest BCUT2D eigenvalue weighted by molar-refractivity contribution is 9.10. The second-order valence-electron chi connectivity index (χ2n) is 3.23. The Morgan fingerprint density at radius 3 is 2.50 bits per heavy atom. The van der Waals surface area contributed by atoms with Crippen LogP contribution in [-0.4, -0.2) is 0 Å². The SMILES string of the molecule is Cc1csc(C(Cl)c2cc(Br)c(Cl)s2)c1Cl. The zero-order chi connectivity index (χ0) is 11.9. The Morgan fingerprint density at radius 1 is 1.38 bits per heavy atom. The van der Waals surface area contributed by atoms with E-state index in [0.717, 1.165) is 24.8 Å². The molecule has 6 heteroatoms. The summed E-state index contributed by atoms with van der Waals surface area (Å²) in [5.74, 6) is 0. The Hall–Kier alpha value is 0.750. The number of rotatable bonds is 2. The molecule has 0 amide bonds. The Bertz CT molecular complexity index is 499. The average molecular weight is 377 g/mol. The van der Waals surface area contributed by atoms with Crippen molar-refractivity contribution in [2.45, 2.75) is 12.3 Å². The number of aryl methyl sites for hydroxylation is 1. The van der Waals surface area contributed by atoms with Crippen molar-refractivity contribution in [2.75, 3.05) is 0 Å². The van der Waals surface area contributed by atoms with Gasteiger partial charge in [-0.1, -0.05) is 23.2 Å². The van der Waals surface area contributed by atoms with Gasteiger partial charge in [-0.3, -0.25) is 0 Å². The van der Waals surface area contributed by atoms with E-state index in [4.69, 9.17) is 34.8 Å². The molecule has 1 atom stereocenters. The van der Waals surface area contributed by atoms with E-state index in [0.29, 0.717) is 4.34 Å². The van der Waals surface area contributed by atoms with Crippen molar-refractivity contribution in [3.8, 4) is 0 Å². The first-order chi connectivity index (χ1) is 7.50. The lowest BCUT2D eigenvalue weighted by Crippen LogP contribution is -1.86. The highest BCUT2D eigenvalue weighted by atomic mass is 79.9. The molecule has 0 N–H and O–H groups in total. The first-order valence-electron chi connectivity index (χ1n) is 4.33. The second-order valence-corrected chi connectivity index (χ2v) is 7.50. The molecule has 0 saturated carbocycles. The predicted octanol–water partition coefficient (Wildman–Crippen LogP) is 6.52. The van der Waals surface area contributed by atoms with Gasteiger partial charge in [0, 0.05) is 14.2 Å². The van der Waals surface area contributed by atoms with Gasteiger partial charge < -0.3 is 0 Å². The van der Waals surface area contributed by atoms with Crippen LogP contribution >= 0.6 is 73.4 Å². The summed E-state index contributed by atoms with van der Waals surface area (Å²) in [5, 5.41) is 2.54. The van der Waals surface area contributed by atoms with Crippen LogP contribution in [0.1, 0.15) is 20.7 Å². The fraction of sp³-hybridized carbons (Fsp3) is 0.200. The quantitative estimate of drug-likeness (QED) is 0.524. The van der Waals surface area contributed by atoms with Gasteiger partial charge in [-0.15, -0.1) is 34.3 Å². The van der Waals surface area contributed by atoms with Crippen molar-refractivity contribution >= 4 is 73.4 Å². The van der Waals surface area contributed by atoms with E-state index in [9.17, 15) is 0 Å². The maximum Gasteiger partial charge on any atom is 0.107 e. The summed E-state index contributed by atoms with van der Waals surface area (Å²) in [4.78, 5) is 1.98. The van der Waals surface area contributed by atoms with E-state index in [1.165, 1.54) is 11.3 Å². The molecule has 0 bridgehead atoms. The van der Waals surface area contributed by atoms with Crippen LogP contribution in [0.2, 0.25) is 9.36 Å². The fourth-order valence-corrected chi connectivity index (χ4v) is 4.85. The molecule has 0 spiro atoms. The molecule has 1 unspecified atom stereocenters. The maximum atomic E-state index is 6.39. The fourth-order valence-electron chi connectivity index (χ4n) is 1.24. The summed E-state index contributed by atoms with van der Waals surface area (Å²) >= 11 is 25.0. The van der Waals surface area contributed by atoms with Gasteiger partial charge in [0.1, 0.15) is 9.71 Å². The zero-order valence-corrected chi connectivity index (χ0v) is 13.5. The van der Waals surface area contributed by atoms with Gasteiger partial charge in [0.2, 0.25) is 0 Å². The third-order valence-electron chi connectivity index (χ3n) is 2.07. The van der Waals surface area contributed by atoms with Gasteiger partial charge >= 0.3 is 0 Å². The van der Waals surface area contributed by atoms with Crippen molar-refractivity contribution in [1.29, 1.82) is 0 Å². The third-order valence-corrected chi connectivity index (χ3v) is 7.10. The highest BCUT2D eigenvalue weighted by Crippen LogP contribution is 2.44. The lowest BCUT2D eigenvalue weighted by atomic mass is 10.2. The van der Waals surface area contributed by atoms with E-state index in [-0.39, 0.29) is 5.38 Å². The van der Waals surface area contributed by atoms with Gasteiger partial charge in [-0.25, -0.2) is 0 Å². The monoisotopic (exact) mass is 374 g/mol. The summed E-state index contributed by atoms with van der Waals surface area (Å²) < 4.78 is 1.59. The molecule has 0 radical (unpaired) electrons. The summed E-state index contributed by atoms with van der Waals surface area (Å²) in [6, 6.07) is 1.94. The topological polar surface area (TPSA) is 0 Å². The largest absolute Gasteiger partial charge is 0.145 e. The molecule has 16 heavy (non-hydrogen) atoms. The first kappa shape index (κ1) is 13.2. The normalized spacial score (nSPS) is 13.1. The van der Waals surface area contributed by atoms with Crippen LogP contribution in [0.3, 0.4) is 0 Å². The Kier molecular flexibility index (Phi) is 4.26. The molecule has 0 aliphatic carbocycles. The molecule has 2 aromatic heterocycles. The smallest absolute Gasteiger partial charge is 0.107 e. The maximum absolute atomic E-state index is 6.39. The second kappa shape index (κ2) is 5.17. The van der Waals surface area contributed by atoms with Crippen molar-refractivity contribution in [3.05, 3.63) is 40.6 Å². The lowest BCUT2D eigenvalue weighted by molar-refractivity contribution is 1.23. The van der Waals surface area contributed by atoms with Gasteiger partial charge in [-0.2, -0.15) is 0 Å². The molecule has 0 nitrogen and oxygen atoms in total. The average Bonchev–Trinajstić information content (AvgIpc) is 2.73. The molecule has 0 aromatic carbocycles. The summed E-state index contributed by atoms with van der Waals surface area (Å²) in [6.45, 7) is 1.98. The van der Waals surface area contributed by atoms with Crippen LogP contribution in [0, 0.1) is 6.92 Å². The third kappa shape index (κ3) is 2.45. The minimum atomic E-state index is -0.222. The molecular formula is C10H6BrCl3S2. The van der Waals surface area contributed by atoms with Gasteiger partial charge in [-0.05, 0) is 39.9 Å². The Balaban J connectivity index is 2.38.